The van der Waals surface area contributed by atoms with Crippen LogP contribution in [0.2, 0.25) is 0 Å². The van der Waals surface area contributed by atoms with E-state index in [4.69, 9.17) is 0 Å². The van der Waals surface area contributed by atoms with Gasteiger partial charge in [-0.05, 0) is 5.92 Å². The van der Waals surface area contributed by atoms with E-state index in [1.807, 2.05) is 0 Å². The van der Waals surface area contributed by atoms with Gasteiger partial charge in [0.2, 0.25) is 10.0 Å². The molecule has 0 amide bonds. The van der Waals surface area contributed by atoms with Crippen molar-refractivity contribution in [2.75, 3.05) is 6.54 Å². The van der Waals surface area contributed by atoms with Crippen LogP contribution in [0.15, 0.2) is 17.3 Å². The highest BCUT2D eigenvalue weighted by atomic mass is 32.2. The third-order valence-corrected chi connectivity index (χ3v) is 3.89. The summed E-state index contributed by atoms with van der Waals surface area (Å²) in [6.45, 7) is 4.60. The predicted octanol–water partition coefficient (Wildman–Crippen LogP) is 1.12. The Bertz CT molecular complexity index is 368. The minimum Gasteiger partial charge on any atom is -0.284 e. The molecule has 0 unspecified atom stereocenters. The van der Waals surface area contributed by atoms with Crippen LogP contribution in [-0.4, -0.2) is 25.2 Å². The smallest absolute Gasteiger partial charge is 0.243 e. The second kappa shape index (κ2) is 5.27. The predicted molar refractivity (Wildman–Crippen MR) is 57.8 cm³/mol. The molecule has 0 bridgehead atoms. The van der Waals surface area contributed by atoms with Gasteiger partial charge in [-0.15, -0.1) is 0 Å². The minimum atomic E-state index is -3.38. The molecule has 0 aromatic carbocycles. The molecule has 0 fully saturated rings. The molecule has 5 nitrogen and oxygen atoms in total. The zero-order valence-corrected chi connectivity index (χ0v) is 9.84. The van der Waals surface area contributed by atoms with Crippen LogP contribution in [0.25, 0.3) is 0 Å². The van der Waals surface area contributed by atoms with Crippen LogP contribution < -0.4 is 4.72 Å². The summed E-state index contributed by atoms with van der Waals surface area (Å²) in [6, 6.07) is 0. The Morgan fingerprint density at radius 2 is 2.13 bits per heavy atom. The van der Waals surface area contributed by atoms with Gasteiger partial charge >= 0.3 is 0 Å². The molecule has 1 heterocycles. The van der Waals surface area contributed by atoms with Crippen LogP contribution in [0.1, 0.15) is 26.7 Å². The summed E-state index contributed by atoms with van der Waals surface area (Å²) in [5.74, 6) is 0.395. The van der Waals surface area contributed by atoms with Gasteiger partial charge in [0.25, 0.3) is 0 Å². The van der Waals surface area contributed by atoms with Crippen molar-refractivity contribution in [3.05, 3.63) is 12.4 Å². The fourth-order valence-corrected chi connectivity index (χ4v) is 2.30. The Labute approximate surface area is 90.3 Å². The van der Waals surface area contributed by atoms with Gasteiger partial charge in [0.15, 0.2) is 0 Å². The molecule has 0 atom stereocenters. The summed E-state index contributed by atoms with van der Waals surface area (Å²) in [7, 11) is -3.38. The third kappa shape index (κ3) is 3.32. The van der Waals surface area contributed by atoms with Crippen LogP contribution in [0, 0.1) is 5.92 Å². The number of hydrogen-bond donors (Lipinski definition) is 2. The van der Waals surface area contributed by atoms with Crippen LogP contribution in [0.3, 0.4) is 0 Å². The van der Waals surface area contributed by atoms with E-state index in [2.05, 4.69) is 28.8 Å². The van der Waals surface area contributed by atoms with Gasteiger partial charge in [0.1, 0.15) is 4.90 Å². The van der Waals surface area contributed by atoms with Crippen molar-refractivity contribution in [1.29, 1.82) is 0 Å². The Morgan fingerprint density at radius 1 is 1.47 bits per heavy atom. The summed E-state index contributed by atoms with van der Waals surface area (Å²) in [5, 5.41) is 6.09. The maximum atomic E-state index is 11.7. The number of sulfonamides is 1. The van der Waals surface area contributed by atoms with E-state index in [9.17, 15) is 8.42 Å². The first-order valence-electron chi connectivity index (χ1n) is 5.08. The standard InChI is InChI=1S/C9H17N3O2S/c1-3-8(4-2)5-12-15(13,14)9-6-10-11-7-9/h6-8,12H,3-5H2,1-2H3,(H,10,11). The lowest BCUT2D eigenvalue weighted by Crippen LogP contribution is -2.28. The summed E-state index contributed by atoms with van der Waals surface area (Å²) in [4.78, 5) is 0.188. The van der Waals surface area contributed by atoms with Crippen LogP contribution in [0.4, 0.5) is 0 Å². The number of nitrogens with one attached hydrogen (secondary N) is 2. The molecule has 1 rings (SSSR count). The lowest BCUT2D eigenvalue weighted by atomic mass is 10.0. The van der Waals surface area contributed by atoms with Gasteiger partial charge in [-0.2, -0.15) is 5.10 Å². The average Bonchev–Trinajstić information content (AvgIpc) is 2.72. The van der Waals surface area contributed by atoms with E-state index < -0.39 is 10.0 Å². The van der Waals surface area contributed by atoms with Crippen LogP contribution in [-0.2, 0) is 10.0 Å². The molecular formula is C9H17N3O2S. The highest BCUT2D eigenvalue weighted by Crippen LogP contribution is 2.09. The molecule has 0 radical (unpaired) electrons. The maximum Gasteiger partial charge on any atom is 0.243 e. The van der Waals surface area contributed by atoms with E-state index in [1.54, 1.807) is 0 Å². The molecule has 0 aliphatic heterocycles. The Balaban J connectivity index is 2.59. The van der Waals surface area contributed by atoms with Gasteiger partial charge in [0.05, 0.1) is 6.20 Å². The molecule has 0 aliphatic rings. The van der Waals surface area contributed by atoms with Crippen molar-refractivity contribution in [2.24, 2.45) is 5.92 Å². The lowest BCUT2D eigenvalue weighted by Gasteiger charge is -2.12. The maximum absolute atomic E-state index is 11.7. The molecule has 0 saturated carbocycles. The normalized spacial score (nSPS) is 12.2. The summed E-state index contributed by atoms with van der Waals surface area (Å²) in [5.41, 5.74) is 0. The van der Waals surface area contributed by atoms with Gasteiger partial charge < -0.3 is 0 Å². The first kappa shape index (κ1) is 12.2. The largest absolute Gasteiger partial charge is 0.284 e. The first-order valence-corrected chi connectivity index (χ1v) is 6.57. The molecule has 1 aromatic rings. The number of aromatic nitrogens is 2. The number of H-pyrrole nitrogens is 1. The number of rotatable bonds is 6. The summed E-state index contributed by atoms with van der Waals surface area (Å²) >= 11 is 0. The van der Waals surface area contributed by atoms with E-state index in [0.717, 1.165) is 12.8 Å². The van der Waals surface area contributed by atoms with Crippen molar-refractivity contribution in [3.63, 3.8) is 0 Å². The van der Waals surface area contributed by atoms with Gasteiger partial charge in [-0.25, -0.2) is 13.1 Å². The molecule has 2 N–H and O–H groups in total. The lowest BCUT2D eigenvalue weighted by molar-refractivity contribution is 0.479. The highest BCUT2D eigenvalue weighted by molar-refractivity contribution is 7.89. The molecule has 0 aliphatic carbocycles. The zero-order chi connectivity index (χ0) is 11.3. The van der Waals surface area contributed by atoms with Gasteiger partial charge in [-0.3, -0.25) is 5.10 Å². The van der Waals surface area contributed by atoms with Crippen molar-refractivity contribution in [2.45, 2.75) is 31.6 Å². The number of hydrogen-bond acceptors (Lipinski definition) is 3. The van der Waals surface area contributed by atoms with Crippen LogP contribution >= 0.6 is 0 Å². The second-order valence-electron chi connectivity index (χ2n) is 3.47. The first-order chi connectivity index (χ1) is 7.10. The zero-order valence-electron chi connectivity index (χ0n) is 9.03. The SMILES string of the molecule is CCC(CC)CNS(=O)(=O)c1cn[nH]c1. The Morgan fingerprint density at radius 3 is 2.60 bits per heavy atom. The fraction of sp³-hybridized carbons (Fsp3) is 0.667. The second-order valence-corrected chi connectivity index (χ2v) is 5.24. The quantitative estimate of drug-likeness (QED) is 0.770. The minimum absolute atomic E-state index is 0.188. The van der Waals surface area contributed by atoms with Crippen LogP contribution in [0.5, 0.6) is 0 Å². The summed E-state index contributed by atoms with van der Waals surface area (Å²) in [6.07, 6.45) is 4.62. The summed E-state index contributed by atoms with van der Waals surface area (Å²) < 4.78 is 25.9. The van der Waals surface area contributed by atoms with Crippen molar-refractivity contribution in [1.82, 2.24) is 14.9 Å². The van der Waals surface area contributed by atoms with E-state index in [-0.39, 0.29) is 4.90 Å². The highest BCUT2D eigenvalue weighted by Gasteiger charge is 2.16. The fourth-order valence-electron chi connectivity index (χ4n) is 1.27. The van der Waals surface area contributed by atoms with Crippen molar-refractivity contribution >= 4 is 10.0 Å². The molecule has 15 heavy (non-hydrogen) atoms. The van der Waals surface area contributed by atoms with E-state index in [0.29, 0.717) is 12.5 Å². The molecule has 0 spiro atoms. The average molecular weight is 231 g/mol. The Hall–Kier alpha value is -0.880. The number of nitrogens with zero attached hydrogens (tertiary/aromatic N) is 1. The van der Waals surface area contributed by atoms with Crippen molar-refractivity contribution in [3.8, 4) is 0 Å². The molecule has 0 saturated heterocycles. The molecule has 6 heteroatoms. The molecular weight excluding hydrogens is 214 g/mol. The number of aromatic amines is 1. The molecule has 1 aromatic heterocycles. The van der Waals surface area contributed by atoms with Gasteiger partial charge in [0, 0.05) is 12.7 Å². The van der Waals surface area contributed by atoms with E-state index >= 15 is 0 Å². The monoisotopic (exact) mass is 231 g/mol. The topological polar surface area (TPSA) is 74.8 Å². The van der Waals surface area contributed by atoms with Gasteiger partial charge in [-0.1, -0.05) is 26.7 Å². The third-order valence-electron chi connectivity index (χ3n) is 2.50. The Kier molecular flexibility index (Phi) is 4.28. The molecule has 86 valence electrons. The van der Waals surface area contributed by atoms with E-state index in [1.165, 1.54) is 12.4 Å². The van der Waals surface area contributed by atoms with Crippen molar-refractivity contribution < 1.29 is 8.42 Å².